The van der Waals surface area contributed by atoms with Crippen molar-refractivity contribution in [2.45, 2.75) is 33.3 Å². The summed E-state index contributed by atoms with van der Waals surface area (Å²) in [7, 11) is 0. The Morgan fingerprint density at radius 3 is 2.61 bits per heavy atom. The van der Waals surface area contributed by atoms with Gasteiger partial charge in [0.05, 0.1) is 22.9 Å². The molecule has 5 heteroatoms. The Morgan fingerprint density at radius 2 is 1.89 bits per heavy atom. The molecule has 4 nitrogen and oxygen atoms in total. The van der Waals surface area contributed by atoms with Gasteiger partial charge in [0.25, 0.3) is 5.91 Å². The molecule has 2 aromatic carbocycles. The van der Waals surface area contributed by atoms with Gasteiger partial charge >= 0.3 is 0 Å². The first kappa shape index (κ1) is 20.5. The normalized spacial score (nSPS) is 11.2. The van der Waals surface area contributed by atoms with Gasteiger partial charge in [0.1, 0.15) is 0 Å². The molecular formula is C23H25BrN2O2. The van der Waals surface area contributed by atoms with Crippen LogP contribution in [0.4, 0.5) is 0 Å². The van der Waals surface area contributed by atoms with Crippen molar-refractivity contribution in [3.63, 3.8) is 0 Å². The Balaban J connectivity index is 1.89. The van der Waals surface area contributed by atoms with Crippen LogP contribution in [0.15, 0.2) is 53.0 Å². The molecule has 1 N–H and O–H groups in total. The number of pyridine rings is 1. The average Bonchev–Trinajstić information content (AvgIpc) is 2.67. The van der Waals surface area contributed by atoms with Crippen LogP contribution >= 0.6 is 15.9 Å². The molecule has 1 heterocycles. The molecule has 1 amide bonds. The number of aromatic nitrogens is 1. The summed E-state index contributed by atoms with van der Waals surface area (Å²) in [5, 5.41) is 3.84. The number of nitrogens with zero attached hydrogens (tertiary/aromatic N) is 1. The van der Waals surface area contributed by atoms with Crippen LogP contribution in [0.25, 0.3) is 22.2 Å². The first-order valence-corrected chi connectivity index (χ1v) is 10.3. The molecule has 0 saturated heterocycles. The Kier molecular flexibility index (Phi) is 6.81. The zero-order valence-corrected chi connectivity index (χ0v) is 18.0. The number of rotatable bonds is 7. The second-order valence-electron chi connectivity index (χ2n) is 7.11. The van der Waals surface area contributed by atoms with E-state index in [4.69, 9.17) is 9.72 Å². The van der Waals surface area contributed by atoms with Gasteiger partial charge in [-0.25, -0.2) is 4.98 Å². The average molecular weight is 441 g/mol. The molecule has 3 rings (SSSR count). The van der Waals surface area contributed by atoms with Crippen molar-refractivity contribution in [1.82, 2.24) is 10.3 Å². The number of carbonyl (C=O) groups is 1. The molecule has 0 spiro atoms. The highest BCUT2D eigenvalue weighted by molar-refractivity contribution is 9.10. The zero-order chi connectivity index (χ0) is 20.1. The third kappa shape index (κ3) is 5.18. The Bertz CT molecular complexity index is 968. The third-order valence-corrected chi connectivity index (χ3v) is 4.91. The van der Waals surface area contributed by atoms with Crippen molar-refractivity contribution in [2.24, 2.45) is 0 Å². The topological polar surface area (TPSA) is 51.2 Å². The fourth-order valence-electron chi connectivity index (χ4n) is 2.95. The predicted molar refractivity (Wildman–Crippen MR) is 118 cm³/mol. The lowest BCUT2D eigenvalue weighted by molar-refractivity contribution is 0.0757. The van der Waals surface area contributed by atoms with Crippen LogP contribution in [0.3, 0.4) is 0 Å². The minimum atomic E-state index is -0.0941. The number of hydrogen-bond acceptors (Lipinski definition) is 3. The maximum atomic E-state index is 12.9. The quantitative estimate of drug-likeness (QED) is 0.492. The van der Waals surface area contributed by atoms with Crippen LogP contribution in [0.5, 0.6) is 0 Å². The van der Waals surface area contributed by atoms with E-state index in [-0.39, 0.29) is 12.0 Å². The van der Waals surface area contributed by atoms with Crippen molar-refractivity contribution in [3.8, 4) is 11.3 Å². The standard InChI is InChI=1S/C23H25BrN2O2/c1-15(2)28-12-4-11-25-23(27)20-14-22(17-7-5-16(3)6-8-17)26-21-10-9-18(24)13-19(20)21/h5-10,13-15H,4,11-12H2,1-3H3,(H,25,27). The zero-order valence-electron chi connectivity index (χ0n) is 16.5. The number of aryl methyl sites for hydroxylation is 1. The number of halogens is 1. The van der Waals surface area contributed by atoms with E-state index in [1.165, 1.54) is 5.56 Å². The second-order valence-corrected chi connectivity index (χ2v) is 8.03. The van der Waals surface area contributed by atoms with Gasteiger partial charge < -0.3 is 10.1 Å². The summed E-state index contributed by atoms with van der Waals surface area (Å²) in [5.41, 5.74) is 4.41. The molecule has 0 aliphatic rings. The van der Waals surface area contributed by atoms with Crippen LogP contribution in [0.2, 0.25) is 0 Å². The molecule has 1 aromatic heterocycles. The molecule has 28 heavy (non-hydrogen) atoms. The number of fused-ring (bicyclic) bond motifs is 1. The fourth-order valence-corrected chi connectivity index (χ4v) is 3.31. The third-order valence-electron chi connectivity index (χ3n) is 4.42. The molecule has 0 unspecified atom stereocenters. The predicted octanol–water partition coefficient (Wildman–Crippen LogP) is 5.52. The minimum absolute atomic E-state index is 0.0941. The maximum absolute atomic E-state index is 12.9. The molecule has 0 saturated carbocycles. The highest BCUT2D eigenvalue weighted by Gasteiger charge is 2.14. The summed E-state index contributed by atoms with van der Waals surface area (Å²) in [6.45, 7) is 7.27. The van der Waals surface area contributed by atoms with Crippen LogP contribution in [0, 0.1) is 6.92 Å². The first-order chi connectivity index (χ1) is 13.4. The SMILES string of the molecule is Cc1ccc(-c2cc(C(=O)NCCCOC(C)C)c3cc(Br)ccc3n2)cc1. The molecule has 0 fully saturated rings. The van der Waals surface area contributed by atoms with E-state index in [0.717, 1.165) is 33.1 Å². The molecule has 0 aliphatic carbocycles. The van der Waals surface area contributed by atoms with E-state index in [0.29, 0.717) is 18.7 Å². The summed E-state index contributed by atoms with van der Waals surface area (Å²) in [5.74, 6) is -0.0941. The van der Waals surface area contributed by atoms with E-state index in [2.05, 4.69) is 40.3 Å². The highest BCUT2D eigenvalue weighted by atomic mass is 79.9. The van der Waals surface area contributed by atoms with Gasteiger partial charge in [-0.05, 0) is 51.5 Å². The van der Waals surface area contributed by atoms with E-state index in [1.54, 1.807) is 0 Å². The number of carbonyl (C=O) groups excluding carboxylic acids is 1. The molecule has 0 atom stereocenters. The van der Waals surface area contributed by atoms with E-state index >= 15 is 0 Å². The van der Waals surface area contributed by atoms with Crippen molar-refractivity contribution in [1.29, 1.82) is 0 Å². The largest absolute Gasteiger partial charge is 0.379 e. The Hall–Kier alpha value is -2.24. The Morgan fingerprint density at radius 1 is 1.14 bits per heavy atom. The van der Waals surface area contributed by atoms with Gasteiger partial charge in [-0.2, -0.15) is 0 Å². The summed E-state index contributed by atoms with van der Waals surface area (Å²) in [4.78, 5) is 17.7. The molecule has 0 aliphatic heterocycles. The summed E-state index contributed by atoms with van der Waals surface area (Å²) < 4.78 is 6.46. The van der Waals surface area contributed by atoms with Crippen molar-refractivity contribution < 1.29 is 9.53 Å². The molecule has 0 bridgehead atoms. The van der Waals surface area contributed by atoms with E-state index in [9.17, 15) is 4.79 Å². The van der Waals surface area contributed by atoms with Crippen LogP contribution in [-0.2, 0) is 4.74 Å². The lowest BCUT2D eigenvalue weighted by Crippen LogP contribution is -2.26. The van der Waals surface area contributed by atoms with Crippen LogP contribution < -0.4 is 5.32 Å². The minimum Gasteiger partial charge on any atom is -0.379 e. The van der Waals surface area contributed by atoms with Crippen molar-refractivity contribution in [2.75, 3.05) is 13.2 Å². The summed E-state index contributed by atoms with van der Waals surface area (Å²) in [6, 6.07) is 15.9. The monoisotopic (exact) mass is 440 g/mol. The smallest absolute Gasteiger partial charge is 0.252 e. The van der Waals surface area contributed by atoms with Gasteiger partial charge in [0, 0.05) is 28.6 Å². The maximum Gasteiger partial charge on any atom is 0.252 e. The number of ether oxygens (including phenoxy) is 1. The number of benzene rings is 2. The molecule has 0 radical (unpaired) electrons. The number of nitrogens with one attached hydrogen (secondary N) is 1. The summed E-state index contributed by atoms with van der Waals surface area (Å²) in [6.07, 6.45) is 0.982. The van der Waals surface area contributed by atoms with E-state index < -0.39 is 0 Å². The second kappa shape index (κ2) is 9.30. The molecule has 146 valence electrons. The van der Waals surface area contributed by atoms with Gasteiger partial charge in [-0.3, -0.25) is 4.79 Å². The number of amides is 1. The summed E-state index contributed by atoms with van der Waals surface area (Å²) >= 11 is 3.50. The van der Waals surface area contributed by atoms with E-state index in [1.807, 2.05) is 50.2 Å². The number of hydrogen-bond donors (Lipinski definition) is 1. The molecule has 3 aromatic rings. The lowest BCUT2D eigenvalue weighted by atomic mass is 10.0. The lowest BCUT2D eigenvalue weighted by Gasteiger charge is -2.12. The van der Waals surface area contributed by atoms with Gasteiger partial charge in [-0.15, -0.1) is 0 Å². The van der Waals surface area contributed by atoms with Crippen molar-refractivity contribution in [3.05, 3.63) is 64.1 Å². The molecular weight excluding hydrogens is 416 g/mol. The van der Waals surface area contributed by atoms with Gasteiger partial charge in [-0.1, -0.05) is 45.8 Å². The van der Waals surface area contributed by atoms with Crippen LogP contribution in [-0.4, -0.2) is 30.1 Å². The van der Waals surface area contributed by atoms with Crippen molar-refractivity contribution >= 4 is 32.7 Å². The van der Waals surface area contributed by atoms with Gasteiger partial charge in [0.2, 0.25) is 0 Å². The first-order valence-electron chi connectivity index (χ1n) is 9.51. The fraction of sp³-hybridized carbons (Fsp3) is 0.304. The highest BCUT2D eigenvalue weighted by Crippen LogP contribution is 2.27. The Labute approximate surface area is 174 Å². The van der Waals surface area contributed by atoms with Gasteiger partial charge in [0.15, 0.2) is 0 Å². The van der Waals surface area contributed by atoms with Crippen LogP contribution in [0.1, 0.15) is 36.2 Å².